The third-order valence-corrected chi connectivity index (χ3v) is 4.61. The summed E-state index contributed by atoms with van der Waals surface area (Å²) in [5.74, 6) is 3.23. The molecule has 0 aliphatic rings. The first-order chi connectivity index (χ1) is 14.5. The fourth-order valence-corrected chi connectivity index (χ4v) is 3.22. The van der Waals surface area contributed by atoms with Crippen molar-refractivity contribution in [2.45, 2.75) is 6.42 Å². The number of hydrazone groups is 1. The number of furan rings is 1. The van der Waals surface area contributed by atoms with Gasteiger partial charge in [-0.2, -0.15) is 5.10 Å². The second-order valence-corrected chi connectivity index (χ2v) is 7.10. The van der Waals surface area contributed by atoms with Crippen LogP contribution in [0.3, 0.4) is 0 Å². The Morgan fingerprint density at radius 1 is 1.37 bits per heavy atom. The number of allylic oxidation sites excluding steroid dienone is 1. The zero-order chi connectivity index (χ0) is 21.5. The number of carbonyl (C=O) groups is 1. The van der Waals surface area contributed by atoms with Gasteiger partial charge in [-0.15, -0.1) is 13.0 Å². The lowest BCUT2D eigenvalue weighted by atomic mass is 10.1. The number of carbonyl (C=O) groups excluding carboxylic acids is 1. The Kier molecular flexibility index (Phi) is 6.94. The van der Waals surface area contributed by atoms with Gasteiger partial charge in [-0.1, -0.05) is 27.9 Å². The molecule has 0 spiro atoms. The minimum atomic E-state index is -0.453. The highest BCUT2D eigenvalue weighted by atomic mass is 79.9. The molecule has 1 N–H and O–H groups in total. The summed E-state index contributed by atoms with van der Waals surface area (Å²) in [6, 6.07) is 10.8. The van der Waals surface area contributed by atoms with E-state index in [2.05, 4.69) is 39.0 Å². The van der Waals surface area contributed by atoms with Crippen molar-refractivity contribution in [3.05, 3.63) is 70.4 Å². The predicted octanol–water partition coefficient (Wildman–Crippen LogP) is 4.71. The highest BCUT2D eigenvalue weighted by Gasteiger charge is 2.13. The van der Waals surface area contributed by atoms with Crippen LogP contribution in [-0.2, 0) is 6.42 Å². The van der Waals surface area contributed by atoms with E-state index in [1.165, 1.54) is 6.21 Å². The Hall–Kier alpha value is -3.50. The summed E-state index contributed by atoms with van der Waals surface area (Å²) >= 11 is 3.39. The van der Waals surface area contributed by atoms with E-state index in [1.54, 1.807) is 31.4 Å². The summed E-state index contributed by atoms with van der Waals surface area (Å²) < 4.78 is 17.5. The lowest BCUT2D eigenvalue weighted by Gasteiger charge is -2.14. The van der Waals surface area contributed by atoms with Crippen LogP contribution in [0.4, 0.5) is 0 Å². The van der Waals surface area contributed by atoms with Crippen LogP contribution in [0.2, 0.25) is 0 Å². The van der Waals surface area contributed by atoms with Gasteiger partial charge in [0.1, 0.15) is 12.2 Å². The molecule has 7 heteroatoms. The Morgan fingerprint density at radius 2 is 2.20 bits per heavy atom. The average molecular weight is 467 g/mol. The highest BCUT2D eigenvalue weighted by Crippen LogP contribution is 2.33. The van der Waals surface area contributed by atoms with Crippen LogP contribution in [0.5, 0.6) is 11.5 Å². The first kappa shape index (κ1) is 21.2. The molecule has 152 valence electrons. The fraction of sp³-hybridized carbons (Fsp3) is 0.130. The van der Waals surface area contributed by atoms with Crippen molar-refractivity contribution in [2.24, 2.45) is 5.10 Å². The number of benzene rings is 2. The van der Waals surface area contributed by atoms with Crippen LogP contribution in [0.15, 0.2) is 63.0 Å². The van der Waals surface area contributed by atoms with Gasteiger partial charge < -0.3 is 13.9 Å². The lowest BCUT2D eigenvalue weighted by Crippen LogP contribution is -2.16. The van der Waals surface area contributed by atoms with E-state index in [-0.39, 0.29) is 12.4 Å². The van der Waals surface area contributed by atoms with Crippen molar-refractivity contribution < 1.29 is 18.7 Å². The Balaban J connectivity index is 1.78. The summed E-state index contributed by atoms with van der Waals surface area (Å²) in [5, 5.41) is 4.85. The van der Waals surface area contributed by atoms with E-state index in [9.17, 15) is 4.79 Å². The molecule has 3 aromatic rings. The maximum atomic E-state index is 12.3. The monoisotopic (exact) mass is 466 g/mol. The van der Waals surface area contributed by atoms with Gasteiger partial charge in [-0.3, -0.25) is 4.79 Å². The van der Waals surface area contributed by atoms with E-state index in [1.807, 2.05) is 18.2 Å². The summed E-state index contributed by atoms with van der Waals surface area (Å²) in [5.41, 5.74) is 4.64. The first-order valence-electron chi connectivity index (χ1n) is 8.96. The molecule has 1 amide bonds. The second-order valence-electron chi connectivity index (χ2n) is 6.19. The molecule has 30 heavy (non-hydrogen) atoms. The zero-order valence-electron chi connectivity index (χ0n) is 16.3. The van der Waals surface area contributed by atoms with Crippen molar-refractivity contribution in [1.82, 2.24) is 5.43 Å². The Morgan fingerprint density at radius 3 is 2.93 bits per heavy atom. The molecular weight excluding hydrogens is 448 g/mol. The standard InChI is InChI=1S/C23H19BrN2O4/c1-4-6-16-10-15(11-20(28-3)22(16)29-9-5-2)14-25-26-23(27)21-13-17-12-18(24)7-8-19(17)30-21/h2,4,7-8,10-14H,1,6,9H2,3H3,(H,26,27)/b25-14+. The summed E-state index contributed by atoms with van der Waals surface area (Å²) in [7, 11) is 1.54. The zero-order valence-corrected chi connectivity index (χ0v) is 17.9. The lowest BCUT2D eigenvalue weighted by molar-refractivity contribution is 0.0929. The number of halogens is 1. The minimum Gasteiger partial charge on any atom is -0.493 e. The van der Waals surface area contributed by atoms with Crippen molar-refractivity contribution >= 4 is 39.0 Å². The smallest absolute Gasteiger partial charge is 0.307 e. The molecule has 6 nitrogen and oxygen atoms in total. The van der Waals surface area contributed by atoms with Crippen LogP contribution < -0.4 is 14.9 Å². The predicted molar refractivity (Wildman–Crippen MR) is 120 cm³/mol. The van der Waals surface area contributed by atoms with E-state index in [4.69, 9.17) is 20.3 Å². The van der Waals surface area contributed by atoms with Crippen LogP contribution in [0, 0.1) is 12.3 Å². The third-order valence-electron chi connectivity index (χ3n) is 4.12. The van der Waals surface area contributed by atoms with Crippen molar-refractivity contribution in [1.29, 1.82) is 0 Å². The molecule has 0 saturated heterocycles. The molecule has 1 heterocycles. The molecule has 0 saturated carbocycles. The van der Waals surface area contributed by atoms with Gasteiger partial charge in [0.15, 0.2) is 17.3 Å². The van der Waals surface area contributed by atoms with Crippen molar-refractivity contribution in [3.8, 4) is 23.8 Å². The number of ether oxygens (including phenoxy) is 2. The highest BCUT2D eigenvalue weighted by molar-refractivity contribution is 9.10. The molecule has 0 aliphatic carbocycles. The van der Waals surface area contributed by atoms with E-state index < -0.39 is 5.91 Å². The quantitative estimate of drug-likeness (QED) is 0.226. The maximum Gasteiger partial charge on any atom is 0.307 e. The molecule has 2 aromatic carbocycles. The maximum absolute atomic E-state index is 12.3. The summed E-state index contributed by atoms with van der Waals surface area (Å²) in [6.45, 7) is 3.89. The van der Waals surface area contributed by atoms with Gasteiger partial charge in [0.05, 0.1) is 13.3 Å². The summed E-state index contributed by atoms with van der Waals surface area (Å²) in [6.07, 6.45) is 9.10. The molecule has 0 aliphatic heterocycles. The number of hydrogen-bond acceptors (Lipinski definition) is 5. The van der Waals surface area contributed by atoms with Crippen LogP contribution >= 0.6 is 15.9 Å². The van der Waals surface area contributed by atoms with Gasteiger partial charge in [0.2, 0.25) is 0 Å². The molecule has 0 bridgehead atoms. The number of hydrogen-bond donors (Lipinski definition) is 1. The SMILES string of the molecule is C#CCOc1c(CC=C)cc(/C=N/NC(=O)c2cc3cc(Br)ccc3o2)cc1OC. The van der Waals surface area contributed by atoms with E-state index in [0.717, 1.165) is 15.4 Å². The van der Waals surface area contributed by atoms with Crippen molar-refractivity contribution in [3.63, 3.8) is 0 Å². The van der Waals surface area contributed by atoms with Gasteiger partial charge >= 0.3 is 5.91 Å². The Bertz CT molecular complexity index is 1160. The fourth-order valence-electron chi connectivity index (χ4n) is 2.84. The van der Waals surface area contributed by atoms with Gasteiger partial charge in [-0.25, -0.2) is 5.43 Å². The number of rotatable bonds is 8. The average Bonchev–Trinajstić information content (AvgIpc) is 3.16. The molecule has 0 fully saturated rings. The van der Waals surface area contributed by atoms with Crippen LogP contribution in [0.25, 0.3) is 11.0 Å². The molecule has 0 unspecified atom stereocenters. The molecular formula is C23H19BrN2O4. The largest absolute Gasteiger partial charge is 0.493 e. The van der Waals surface area contributed by atoms with E-state index in [0.29, 0.717) is 29.1 Å². The van der Waals surface area contributed by atoms with Gasteiger partial charge in [0.25, 0.3) is 0 Å². The van der Waals surface area contributed by atoms with E-state index >= 15 is 0 Å². The number of nitrogens with one attached hydrogen (secondary N) is 1. The number of methoxy groups -OCH3 is 1. The van der Waals surface area contributed by atoms with Crippen molar-refractivity contribution in [2.75, 3.05) is 13.7 Å². The number of terminal acetylenes is 1. The molecule has 1 aromatic heterocycles. The topological polar surface area (TPSA) is 73.1 Å². The van der Waals surface area contributed by atoms with Crippen LogP contribution in [-0.4, -0.2) is 25.8 Å². The number of nitrogens with zero attached hydrogens (tertiary/aromatic N) is 1. The minimum absolute atomic E-state index is 0.123. The van der Waals surface area contributed by atoms with Crippen LogP contribution in [0.1, 0.15) is 21.7 Å². The third kappa shape index (κ3) is 4.91. The van der Waals surface area contributed by atoms with Gasteiger partial charge in [0, 0.05) is 15.4 Å². The Labute approximate surface area is 182 Å². The number of fused-ring (bicyclic) bond motifs is 1. The van der Waals surface area contributed by atoms with Gasteiger partial charge in [-0.05, 0) is 48.4 Å². The number of amides is 1. The molecule has 3 rings (SSSR count). The molecule has 0 atom stereocenters. The second kappa shape index (κ2) is 9.81. The molecule has 0 radical (unpaired) electrons. The summed E-state index contributed by atoms with van der Waals surface area (Å²) in [4.78, 5) is 12.3. The normalized spacial score (nSPS) is 10.7. The first-order valence-corrected chi connectivity index (χ1v) is 9.75.